The lowest BCUT2D eigenvalue weighted by atomic mass is 9.98. The van der Waals surface area contributed by atoms with E-state index < -0.39 is 24.6 Å². The summed E-state index contributed by atoms with van der Waals surface area (Å²) in [5, 5.41) is 8.34. The zero-order valence-electron chi connectivity index (χ0n) is 8.44. The second-order valence-corrected chi connectivity index (χ2v) is 3.14. The fraction of sp³-hybridized carbons (Fsp3) is 0.667. The average Bonchev–Trinajstić information content (AvgIpc) is 2.02. The number of carboxylic acid groups (broad SMARTS) is 1. The number of carbonyl (C=O) groups excluding carboxylic acids is 2. The van der Waals surface area contributed by atoms with Gasteiger partial charge in [0.1, 0.15) is 18.5 Å². The summed E-state index contributed by atoms with van der Waals surface area (Å²) in [7, 11) is 0. The van der Waals surface area contributed by atoms with Gasteiger partial charge in [0.05, 0.1) is 0 Å². The largest absolute Gasteiger partial charge is 0.480 e. The fourth-order valence-electron chi connectivity index (χ4n) is 0.988. The van der Waals surface area contributed by atoms with E-state index in [1.807, 2.05) is 0 Å². The third-order valence-electron chi connectivity index (χ3n) is 1.88. The van der Waals surface area contributed by atoms with Gasteiger partial charge in [-0.2, -0.15) is 0 Å². The molecule has 5 heteroatoms. The first-order valence-electron chi connectivity index (χ1n) is 4.20. The normalized spacial score (nSPS) is 14.5. The summed E-state index contributed by atoms with van der Waals surface area (Å²) >= 11 is 0. The molecule has 0 bridgehead atoms. The minimum atomic E-state index is -1.16. The number of ketones is 2. The van der Waals surface area contributed by atoms with Crippen LogP contribution in [0.2, 0.25) is 0 Å². The first kappa shape index (κ1) is 12.8. The molecule has 0 heterocycles. The highest BCUT2D eigenvalue weighted by molar-refractivity contribution is 5.89. The number of carboxylic acids is 1. The molecule has 0 aromatic rings. The molecule has 0 aliphatic rings. The van der Waals surface area contributed by atoms with Crippen molar-refractivity contribution in [2.45, 2.75) is 26.9 Å². The molecule has 0 aromatic carbocycles. The number of hydrogen-bond donors (Lipinski definition) is 1. The monoisotopic (exact) mass is 202 g/mol. The molecule has 2 atom stereocenters. The Bertz CT molecular complexity index is 246. The highest BCUT2D eigenvalue weighted by Gasteiger charge is 2.26. The SMILES string of the molecule is CC(=O)C(C)C(OCC(=O)O)C(C)=O. The van der Waals surface area contributed by atoms with E-state index in [0.717, 1.165) is 0 Å². The quantitative estimate of drug-likeness (QED) is 0.668. The van der Waals surface area contributed by atoms with Crippen LogP contribution < -0.4 is 0 Å². The van der Waals surface area contributed by atoms with Crippen molar-refractivity contribution in [3.63, 3.8) is 0 Å². The molecule has 0 aromatic heterocycles. The lowest BCUT2D eigenvalue weighted by Gasteiger charge is -2.18. The summed E-state index contributed by atoms with van der Waals surface area (Å²) in [5.74, 6) is -2.30. The predicted octanol–water partition coefficient (Wildman–Crippen LogP) is 0.270. The van der Waals surface area contributed by atoms with Crippen molar-refractivity contribution in [1.29, 1.82) is 0 Å². The molecule has 0 saturated heterocycles. The first-order valence-corrected chi connectivity index (χ1v) is 4.20. The molecular formula is C9H14O5. The molecule has 0 aliphatic carbocycles. The molecule has 80 valence electrons. The van der Waals surface area contributed by atoms with Crippen molar-refractivity contribution in [1.82, 2.24) is 0 Å². The van der Waals surface area contributed by atoms with Crippen molar-refractivity contribution in [3.8, 4) is 0 Å². The third-order valence-corrected chi connectivity index (χ3v) is 1.88. The van der Waals surface area contributed by atoms with Gasteiger partial charge in [-0.1, -0.05) is 6.92 Å². The maximum Gasteiger partial charge on any atom is 0.329 e. The third kappa shape index (κ3) is 4.13. The van der Waals surface area contributed by atoms with Crippen LogP contribution in [0.15, 0.2) is 0 Å². The lowest BCUT2D eigenvalue weighted by molar-refractivity contribution is -0.151. The van der Waals surface area contributed by atoms with E-state index in [0.29, 0.717) is 0 Å². The molecule has 0 radical (unpaired) electrons. The van der Waals surface area contributed by atoms with Gasteiger partial charge in [-0.3, -0.25) is 9.59 Å². The van der Waals surface area contributed by atoms with Gasteiger partial charge in [-0.05, 0) is 13.8 Å². The summed E-state index contributed by atoms with van der Waals surface area (Å²) in [5.41, 5.74) is 0. The second-order valence-electron chi connectivity index (χ2n) is 3.14. The van der Waals surface area contributed by atoms with Crippen molar-refractivity contribution in [2.24, 2.45) is 5.92 Å². The number of hydrogen-bond acceptors (Lipinski definition) is 4. The second kappa shape index (κ2) is 5.49. The van der Waals surface area contributed by atoms with E-state index in [1.54, 1.807) is 0 Å². The lowest BCUT2D eigenvalue weighted by Crippen LogP contribution is -2.34. The zero-order valence-corrected chi connectivity index (χ0v) is 8.44. The number of Topliss-reactive ketones (excluding diaryl/α,β-unsaturated/α-hetero) is 2. The summed E-state index contributed by atoms with van der Waals surface area (Å²) in [6.07, 6.45) is -0.955. The molecular weight excluding hydrogens is 188 g/mol. The number of rotatable bonds is 6. The van der Waals surface area contributed by atoms with E-state index in [-0.39, 0.29) is 11.6 Å². The van der Waals surface area contributed by atoms with Crippen LogP contribution >= 0.6 is 0 Å². The Morgan fingerprint density at radius 3 is 2.00 bits per heavy atom. The van der Waals surface area contributed by atoms with Gasteiger partial charge in [0.25, 0.3) is 0 Å². The van der Waals surface area contributed by atoms with E-state index in [1.165, 1.54) is 20.8 Å². The number of aliphatic carboxylic acids is 1. The van der Waals surface area contributed by atoms with Crippen LogP contribution in [0.1, 0.15) is 20.8 Å². The van der Waals surface area contributed by atoms with Crippen molar-refractivity contribution >= 4 is 17.5 Å². The zero-order chi connectivity index (χ0) is 11.3. The van der Waals surface area contributed by atoms with E-state index >= 15 is 0 Å². The Kier molecular flexibility index (Phi) is 5.01. The van der Waals surface area contributed by atoms with E-state index in [2.05, 4.69) is 0 Å². The van der Waals surface area contributed by atoms with Crippen LogP contribution in [0.5, 0.6) is 0 Å². The average molecular weight is 202 g/mol. The van der Waals surface area contributed by atoms with Gasteiger partial charge in [-0.15, -0.1) is 0 Å². The highest BCUT2D eigenvalue weighted by Crippen LogP contribution is 2.09. The summed E-state index contributed by atoms with van der Waals surface area (Å²) in [6.45, 7) is 3.58. The predicted molar refractivity (Wildman–Crippen MR) is 47.9 cm³/mol. The smallest absolute Gasteiger partial charge is 0.329 e. The molecule has 2 unspecified atom stereocenters. The number of carbonyl (C=O) groups is 3. The molecule has 0 spiro atoms. The van der Waals surface area contributed by atoms with Crippen LogP contribution in [0, 0.1) is 5.92 Å². The van der Waals surface area contributed by atoms with Crippen LogP contribution in [-0.4, -0.2) is 35.4 Å². The van der Waals surface area contributed by atoms with Gasteiger partial charge >= 0.3 is 5.97 Å². The molecule has 0 amide bonds. The fourth-order valence-corrected chi connectivity index (χ4v) is 0.988. The maximum absolute atomic E-state index is 11.0. The Labute approximate surface area is 82.1 Å². The Hall–Kier alpha value is -1.23. The molecule has 1 N–H and O–H groups in total. The topological polar surface area (TPSA) is 80.7 Å². The summed E-state index contributed by atoms with van der Waals surface area (Å²) in [6, 6.07) is 0. The maximum atomic E-state index is 11.0. The van der Waals surface area contributed by atoms with Gasteiger partial charge in [0, 0.05) is 5.92 Å². The molecule has 14 heavy (non-hydrogen) atoms. The highest BCUT2D eigenvalue weighted by atomic mass is 16.5. The van der Waals surface area contributed by atoms with Crippen LogP contribution in [0.3, 0.4) is 0 Å². The standard InChI is InChI=1S/C9H14O5/c1-5(6(2)10)9(7(3)11)14-4-8(12)13/h5,9H,4H2,1-3H3,(H,12,13). The van der Waals surface area contributed by atoms with Crippen LogP contribution in [0.4, 0.5) is 0 Å². The Morgan fingerprint density at radius 1 is 1.21 bits per heavy atom. The minimum absolute atomic E-state index is 0.199. The van der Waals surface area contributed by atoms with Crippen LogP contribution in [-0.2, 0) is 19.1 Å². The van der Waals surface area contributed by atoms with E-state index in [4.69, 9.17) is 9.84 Å². The van der Waals surface area contributed by atoms with Gasteiger partial charge in [0.15, 0.2) is 5.78 Å². The van der Waals surface area contributed by atoms with Crippen molar-refractivity contribution in [3.05, 3.63) is 0 Å². The molecule has 0 aliphatic heterocycles. The van der Waals surface area contributed by atoms with E-state index in [9.17, 15) is 14.4 Å². The number of ether oxygens (including phenoxy) is 1. The molecule has 0 fully saturated rings. The van der Waals surface area contributed by atoms with Crippen LogP contribution in [0.25, 0.3) is 0 Å². The molecule has 0 saturated carbocycles. The van der Waals surface area contributed by atoms with Gasteiger partial charge < -0.3 is 9.84 Å². The van der Waals surface area contributed by atoms with Crippen molar-refractivity contribution in [2.75, 3.05) is 6.61 Å². The van der Waals surface area contributed by atoms with Gasteiger partial charge in [-0.25, -0.2) is 4.79 Å². The molecule has 0 rings (SSSR count). The Morgan fingerprint density at radius 2 is 1.71 bits per heavy atom. The summed E-state index contributed by atoms with van der Waals surface area (Å²) < 4.78 is 4.82. The summed E-state index contributed by atoms with van der Waals surface area (Å²) in [4.78, 5) is 32.2. The minimum Gasteiger partial charge on any atom is -0.480 e. The van der Waals surface area contributed by atoms with Crippen molar-refractivity contribution < 1.29 is 24.2 Å². The van der Waals surface area contributed by atoms with Gasteiger partial charge in [0.2, 0.25) is 0 Å². The Balaban J connectivity index is 4.37. The first-order chi connectivity index (χ1) is 6.36. The molecule has 5 nitrogen and oxygen atoms in total.